The molecule has 0 N–H and O–H groups in total. The van der Waals surface area contributed by atoms with Gasteiger partial charge in [-0.05, 0) is 32.8 Å². The molecule has 25 heavy (non-hydrogen) atoms. The van der Waals surface area contributed by atoms with Gasteiger partial charge in [-0.3, -0.25) is 14.4 Å². The van der Waals surface area contributed by atoms with Crippen molar-refractivity contribution in [1.29, 1.82) is 0 Å². The number of amides is 1. The normalized spacial score (nSPS) is 16.2. The molecule has 2 aromatic rings. The molecule has 0 unspecified atom stereocenters. The van der Waals surface area contributed by atoms with Crippen molar-refractivity contribution >= 4 is 5.91 Å². The van der Waals surface area contributed by atoms with Gasteiger partial charge in [0.2, 0.25) is 5.91 Å². The van der Waals surface area contributed by atoms with Gasteiger partial charge in [0.25, 0.3) is 0 Å². The van der Waals surface area contributed by atoms with Crippen molar-refractivity contribution in [2.45, 2.75) is 39.7 Å². The number of hydrogen-bond donors (Lipinski definition) is 0. The molecule has 0 atom stereocenters. The first-order valence-electron chi connectivity index (χ1n) is 8.93. The maximum atomic E-state index is 12.5. The van der Waals surface area contributed by atoms with Crippen LogP contribution in [0.4, 0.5) is 0 Å². The van der Waals surface area contributed by atoms with Gasteiger partial charge in [0.15, 0.2) is 0 Å². The van der Waals surface area contributed by atoms with Crippen LogP contribution in [0, 0.1) is 13.8 Å². The van der Waals surface area contributed by atoms with E-state index in [1.165, 1.54) is 5.56 Å². The van der Waals surface area contributed by atoms with Crippen LogP contribution in [-0.4, -0.2) is 56.8 Å². The van der Waals surface area contributed by atoms with E-state index in [1.807, 2.05) is 36.5 Å². The van der Waals surface area contributed by atoms with Gasteiger partial charge in [-0.1, -0.05) is 5.16 Å². The van der Waals surface area contributed by atoms with Crippen molar-refractivity contribution in [3.8, 4) is 0 Å². The summed E-state index contributed by atoms with van der Waals surface area (Å²) in [5.41, 5.74) is 3.24. The first kappa shape index (κ1) is 17.7. The summed E-state index contributed by atoms with van der Waals surface area (Å²) in [4.78, 5) is 16.9. The van der Waals surface area contributed by atoms with Crippen LogP contribution in [0.25, 0.3) is 0 Å². The second kappa shape index (κ2) is 7.82. The van der Waals surface area contributed by atoms with E-state index in [4.69, 9.17) is 4.52 Å². The third-order valence-electron chi connectivity index (χ3n) is 5.02. The first-order chi connectivity index (χ1) is 12.0. The minimum Gasteiger partial charge on any atom is -0.361 e. The van der Waals surface area contributed by atoms with E-state index in [0.29, 0.717) is 6.42 Å². The Hall–Kier alpha value is -2.15. The van der Waals surface area contributed by atoms with E-state index < -0.39 is 0 Å². The van der Waals surface area contributed by atoms with Crippen molar-refractivity contribution in [2.24, 2.45) is 7.05 Å². The van der Waals surface area contributed by atoms with E-state index in [0.717, 1.165) is 62.7 Å². The molecule has 0 saturated carbocycles. The molecule has 7 heteroatoms. The Morgan fingerprint density at radius 1 is 1.24 bits per heavy atom. The molecule has 7 nitrogen and oxygen atoms in total. The van der Waals surface area contributed by atoms with Gasteiger partial charge in [-0.2, -0.15) is 5.10 Å². The second-order valence-electron chi connectivity index (χ2n) is 6.76. The molecule has 3 rings (SSSR count). The van der Waals surface area contributed by atoms with Gasteiger partial charge in [0.1, 0.15) is 5.76 Å². The standard InChI is InChI=1S/C18H27N5O2/c1-14-17(15(2)25-20-14)13-22-9-4-10-23(12-11-22)18(24)6-5-16-7-8-19-21(16)3/h7-8H,4-6,9-13H2,1-3H3. The lowest BCUT2D eigenvalue weighted by Gasteiger charge is -2.22. The largest absolute Gasteiger partial charge is 0.361 e. The fraction of sp³-hybridized carbons (Fsp3) is 0.611. The highest BCUT2D eigenvalue weighted by molar-refractivity contribution is 5.76. The van der Waals surface area contributed by atoms with Gasteiger partial charge in [-0.15, -0.1) is 0 Å². The monoisotopic (exact) mass is 345 g/mol. The molecule has 1 aliphatic heterocycles. The number of aryl methyl sites for hydroxylation is 4. The zero-order chi connectivity index (χ0) is 17.8. The molecule has 2 aromatic heterocycles. The molecule has 1 amide bonds. The highest BCUT2D eigenvalue weighted by Crippen LogP contribution is 2.16. The van der Waals surface area contributed by atoms with Crippen LogP contribution in [0.1, 0.15) is 35.6 Å². The number of hydrogen-bond acceptors (Lipinski definition) is 5. The summed E-state index contributed by atoms with van der Waals surface area (Å²) < 4.78 is 7.09. The van der Waals surface area contributed by atoms with Crippen LogP contribution in [0.2, 0.25) is 0 Å². The van der Waals surface area contributed by atoms with Crippen molar-refractivity contribution in [3.63, 3.8) is 0 Å². The molecule has 0 bridgehead atoms. The Labute approximate surface area is 148 Å². The fourth-order valence-electron chi connectivity index (χ4n) is 3.37. The molecule has 3 heterocycles. The molecule has 0 radical (unpaired) electrons. The summed E-state index contributed by atoms with van der Waals surface area (Å²) in [6, 6.07) is 1.97. The molecule has 1 saturated heterocycles. The maximum Gasteiger partial charge on any atom is 0.223 e. The number of nitrogens with zero attached hydrogens (tertiary/aromatic N) is 5. The summed E-state index contributed by atoms with van der Waals surface area (Å²) in [7, 11) is 1.92. The second-order valence-corrected chi connectivity index (χ2v) is 6.76. The lowest BCUT2D eigenvalue weighted by molar-refractivity contribution is -0.131. The zero-order valence-corrected chi connectivity index (χ0v) is 15.4. The lowest BCUT2D eigenvalue weighted by Crippen LogP contribution is -2.35. The Bertz CT molecular complexity index is 701. The van der Waals surface area contributed by atoms with Crippen LogP contribution in [0.5, 0.6) is 0 Å². The molecular formula is C18H27N5O2. The SMILES string of the molecule is Cc1noc(C)c1CN1CCCN(C(=O)CCc2ccnn2C)CC1. The summed E-state index contributed by atoms with van der Waals surface area (Å²) in [5, 5.41) is 8.18. The first-order valence-corrected chi connectivity index (χ1v) is 8.93. The zero-order valence-electron chi connectivity index (χ0n) is 15.4. The maximum absolute atomic E-state index is 12.5. The van der Waals surface area contributed by atoms with E-state index in [2.05, 4.69) is 15.2 Å². The van der Waals surface area contributed by atoms with Crippen LogP contribution in [-0.2, 0) is 24.8 Å². The van der Waals surface area contributed by atoms with E-state index in [9.17, 15) is 4.79 Å². The Morgan fingerprint density at radius 2 is 2.08 bits per heavy atom. The summed E-state index contributed by atoms with van der Waals surface area (Å²) in [5.74, 6) is 1.13. The van der Waals surface area contributed by atoms with Crippen LogP contribution in [0.15, 0.2) is 16.8 Å². The lowest BCUT2D eigenvalue weighted by atomic mass is 10.2. The highest BCUT2D eigenvalue weighted by Gasteiger charge is 2.21. The molecule has 0 aliphatic carbocycles. The molecular weight excluding hydrogens is 318 g/mol. The van der Waals surface area contributed by atoms with Crippen molar-refractivity contribution in [2.75, 3.05) is 26.2 Å². The number of rotatable bonds is 5. The summed E-state index contributed by atoms with van der Waals surface area (Å²) >= 11 is 0. The van der Waals surface area contributed by atoms with Gasteiger partial charge in [0, 0.05) is 63.6 Å². The third-order valence-corrected chi connectivity index (χ3v) is 5.02. The number of carbonyl (C=O) groups is 1. The van der Waals surface area contributed by atoms with Crippen LogP contribution < -0.4 is 0 Å². The van der Waals surface area contributed by atoms with E-state index in [-0.39, 0.29) is 5.91 Å². The molecule has 0 aromatic carbocycles. The number of aromatic nitrogens is 3. The van der Waals surface area contributed by atoms with Gasteiger partial charge in [-0.25, -0.2) is 0 Å². The average Bonchev–Trinajstić information content (AvgIpc) is 3.04. The number of carbonyl (C=O) groups excluding carboxylic acids is 1. The Kier molecular flexibility index (Phi) is 5.53. The molecule has 1 aliphatic rings. The minimum absolute atomic E-state index is 0.236. The predicted molar refractivity (Wildman–Crippen MR) is 94.0 cm³/mol. The average molecular weight is 345 g/mol. The Balaban J connectivity index is 1.51. The quantitative estimate of drug-likeness (QED) is 0.825. The van der Waals surface area contributed by atoms with Gasteiger partial charge < -0.3 is 9.42 Å². The summed E-state index contributed by atoms with van der Waals surface area (Å²) in [6.07, 6.45) is 4.07. The van der Waals surface area contributed by atoms with Crippen molar-refractivity contribution < 1.29 is 9.32 Å². The van der Waals surface area contributed by atoms with E-state index >= 15 is 0 Å². The molecule has 1 fully saturated rings. The Morgan fingerprint density at radius 3 is 2.76 bits per heavy atom. The molecule has 0 spiro atoms. The minimum atomic E-state index is 0.236. The summed E-state index contributed by atoms with van der Waals surface area (Å²) in [6.45, 7) is 8.30. The molecule has 136 valence electrons. The van der Waals surface area contributed by atoms with E-state index in [1.54, 1.807) is 6.20 Å². The smallest absolute Gasteiger partial charge is 0.223 e. The van der Waals surface area contributed by atoms with Crippen LogP contribution in [0.3, 0.4) is 0 Å². The van der Waals surface area contributed by atoms with Crippen molar-refractivity contribution in [3.05, 3.63) is 35.0 Å². The van der Waals surface area contributed by atoms with Crippen LogP contribution >= 0.6 is 0 Å². The fourth-order valence-corrected chi connectivity index (χ4v) is 3.37. The van der Waals surface area contributed by atoms with Gasteiger partial charge >= 0.3 is 0 Å². The predicted octanol–water partition coefficient (Wildman–Crippen LogP) is 1.69. The highest BCUT2D eigenvalue weighted by atomic mass is 16.5. The van der Waals surface area contributed by atoms with Crippen molar-refractivity contribution in [1.82, 2.24) is 24.7 Å². The third kappa shape index (κ3) is 4.28. The van der Waals surface area contributed by atoms with Gasteiger partial charge in [0.05, 0.1) is 5.69 Å². The topological polar surface area (TPSA) is 67.4 Å².